The number of likely N-dealkylation sites (tertiary alicyclic amines) is 1. The van der Waals surface area contributed by atoms with Crippen molar-refractivity contribution < 1.29 is 32.7 Å². The van der Waals surface area contributed by atoms with Gasteiger partial charge in [-0.25, -0.2) is 18.1 Å². The summed E-state index contributed by atoms with van der Waals surface area (Å²) in [6, 6.07) is 22.4. The summed E-state index contributed by atoms with van der Waals surface area (Å²) in [5.41, 5.74) is 4.52. The summed E-state index contributed by atoms with van der Waals surface area (Å²) in [6.07, 6.45) is 12.4. The van der Waals surface area contributed by atoms with Crippen molar-refractivity contribution in [3.05, 3.63) is 112 Å². The Morgan fingerprint density at radius 1 is 1.02 bits per heavy atom. The number of aromatic nitrogens is 2. The van der Waals surface area contributed by atoms with E-state index in [2.05, 4.69) is 54.1 Å². The minimum atomic E-state index is -4.58. The summed E-state index contributed by atoms with van der Waals surface area (Å²) >= 11 is 0. The normalized spacial score (nSPS) is 22.8. The molecule has 5 fully saturated rings. The van der Waals surface area contributed by atoms with E-state index in [0.29, 0.717) is 35.3 Å². The van der Waals surface area contributed by atoms with Gasteiger partial charge in [0, 0.05) is 67.5 Å². The monoisotopic (exact) mass is 861 g/mol. The third-order valence-corrected chi connectivity index (χ3v) is 15.1. The predicted molar refractivity (Wildman–Crippen MR) is 233 cm³/mol. The number of aromatic amines is 1. The fraction of sp³-hybridized carbons (Fsp3) is 0.435. The largest absolute Gasteiger partial charge is 0.455 e. The Morgan fingerprint density at radius 3 is 2.58 bits per heavy atom. The second-order valence-corrected chi connectivity index (χ2v) is 19.5. The van der Waals surface area contributed by atoms with Gasteiger partial charge in [0.1, 0.15) is 22.8 Å². The zero-order valence-electron chi connectivity index (χ0n) is 34.4. The molecule has 3 saturated heterocycles. The number of nitro groups is 1. The van der Waals surface area contributed by atoms with Crippen LogP contribution in [0, 0.1) is 15.5 Å². The molecule has 5 aliphatic rings. The van der Waals surface area contributed by atoms with Crippen LogP contribution in [0.2, 0.25) is 0 Å². The number of sulfonamides is 1. The van der Waals surface area contributed by atoms with Crippen molar-refractivity contribution >= 4 is 44.0 Å². The zero-order valence-corrected chi connectivity index (χ0v) is 35.2. The standard InChI is InChI=1S/C46H51N7O8S/c54-33-22-34(60-28-33)26-48-40-12-10-36(23-42(40)53(56)57)62(58,59)50-45(55)39-11-9-31(21-43(39)61-35-20-30-13-16-47-44(30)49-27-35)51-18-14-46(15-19-51)24-32(25-46)52-17-3-6-41(52)38-5-2-1-4-37(38)29-7-8-29/h1-2,4-5,9-13,16,20-21,23,27,29,32-34,41,48,54H,3,6-8,14-15,17-19,22,24-26,28H2,(H,47,49)(H,50,55)/t33-,34-,41+/m1/s1. The third kappa shape index (κ3) is 8.12. The molecule has 16 heteroatoms. The van der Waals surface area contributed by atoms with E-state index >= 15 is 0 Å². The molecular weight excluding hydrogens is 811 g/mol. The van der Waals surface area contributed by atoms with Gasteiger partial charge in [-0.05, 0) is 117 Å². The molecule has 15 nitrogen and oxygen atoms in total. The van der Waals surface area contributed by atoms with Gasteiger partial charge in [-0.2, -0.15) is 0 Å². The van der Waals surface area contributed by atoms with Gasteiger partial charge in [0.15, 0.2) is 0 Å². The van der Waals surface area contributed by atoms with Gasteiger partial charge >= 0.3 is 0 Å². The number of amides is 1. The van der Waals surface area contributed by atoms with Gasteiger partial charge in [0.2, 0.25) is 0 Å². The smallest absolute Gasteiger partial charge is 0.293 e. The number of pyridine rings is 1. The Bertz CT molecular complexity index is 2620. The van der Waals surface area contributed by atoms with Crippen molar-refractivity contribution in [1.29, 1.82) is 0 Å². The molecule has 0 radical (unpaired) electrons. The molecule has 62 heavy (non-hydrogen) atoms. The average Bonchev–Trinajstić information content (AvgIpc) is 3.57. The number of fused-ring (bicyclic) bond motifs is 1. The van der Waals surface area contributed by atoms with Crippen LogP contribution in [-0.4, -0.2) is 90.3 Å². The summed E-state index contributed by atoms with van der Waals surface area (Å²) < 4.78 is 41.2. The minimum absolute atomic E-state index is 0.0308. The summed E-state index contributed by atoms with van der Waals surface area (Å²) in [4.78, 5) is 37.4. The topological polar surface area (TPSA) is 192 Å². The number of carbonyl (C=O) groups excluding carboxylic acids is 1. The molecular formula is C46H51N7O8S. The lowest BCUT2D eigenvalue weighted by Gasteiger charge is -2.56. The first kappa shape index (κ1) is 40.5. The minimum Gasteiger partial charge on any atom is -0.455 e. The van der Waals surface area contributed by atoms with E-state index < -0.39 is 37.5 Å². The van der Waals surface area contributed by atoms with E-state index in [0.717, 1.165) is 49.0 Å². The van der Waals surface area contributed by atoms with E-state index in [4.69, 9.17) is 9.47 Å². The quantitative estimate of drug-likeness (QED) is 0.0678. The Balaban J connectivity index is 0.841. The summed E-state index contributed by atoms with van der Waals surface area (Å²) in [7, 11) is -4.58. The van der Waals surface area contributed by atoms with E-state index in [1.165, 1.54) is 63.4 Å². The van der Waals surface area contributed by atoms with Crippen LogP contribution in [0.4, 0.5) is 17.1 Å². The number of aliphatic hydroxyl groups excluding tert-OH is 1. The molecule has 4 N–H and O–H groups in total. The average molecular weight is 862 g/mol. The molecule has 3 aromatic carbocycles. The summed E-state index contributed by atoms with van der Waals surface area (Å²) in [6.45, 7) is 3.21. The lowest BCUT2D eigenvalue weighted by atomic mass is 9.59. The van der Waals surface area contributed by atoms with Crippen molar-refractivity contribution in [2.45, 2.75) is 92.9 Å². The molecule has 2 saturated carbocycles. The van der Waals surface area contributed by atoms with Crippen molar-refractivity contribution in [2.24, 2.45) is 5.41 Å². The Labute approximate surface area is 360 Å². The Hall–Kier alpha value is -5.55. The molecule has 1 amide bonds. The van der Waals surface area contributed by atoms with E-state index in [9.17, 15) is 28.4 Å². The molecule has 2 aliphatic carbocycles. The van der Waals surface area contributed by atoms with Crippen molar-refractivity contribution in [2.75, 3.05) is 43.0 Å². The molecule has 2 aromatic heterocycles. The van der Waals surface area contributed by atoms with Gasteiger partial charge in [-0.15, -0.1) is 0 Å². The zero-order chi connectivity index (χ0) is 42.6. The maximum atomic E-state index is 13.9. The second kappa shape index (κ2) is 16.3. The van der Waals surface area contributed by atoms with Gasteiger partial charge in [0.25, 0.3) is 21.6 Å². The number of aliphatic hydroxyl groups is 1. The van der Waals surface area contributed by atoms with Crippen molar-refractivity contribution in [3.8, 4) is 11.5 Å². The fourth-order valence-electron chi connectivity index (χ4n) is 10.3. The van der Waals surface area contributed by atoms with Crippen molar-refractivity contribution in [3.63, 3.8) is 0 Å². The highest BCUT2D eigenvalue weighted by molar-refractivity contribution is 7.90. The SMILES string of the molecule is O=C(NS(=O)(=O)c1ccc(NC[C@H]2C[C@@H](O)CO2)c([N+](=O)[O-])c1)c1ccc(N2CCC3(CC2)CC(N2CCC[C@H]2c2ccccc2C2CC2)C3)cc1Oc1cnc2[nH]ccc2c1. The van der Waals surface area contributed by atoms with Crippen LogP contribution in [0.3, 0.4) is 0 Å². The molecule has 3 atom stereocenters. The second-order valence-electron chi connectivity index (χ2n) is 17.8. The van der Waals surface area contributed by atoms with Gasteiger partial charge in [0.05, 0.1) is 40.4 Å². The highest BCUT2D eigenvalue weighted by Crippen LogP contribution is 2.55. The number of hydrogen-bond acceptors (Lipinski definition) is 12. The maximum absolute atomic E-state index is 13.9. The van der Waals surface area contributed by atoms with Crippen LogP contribution in [0.15, 0.2) is 90.1 Å². The third-order valence-electron chi connectivity index (χ3n) is 13.8. The van der Waals surface area contributed by atoms with E-state index in [-0.39, 0.29) is 36.3 Å². The highest BCUT2D eigenvalue weighted by Gasteiger charge is 2.50. The number of nitro benzene ring substituents is 1. The number of nitrogens with one attached hydrogen (secondary N) is 3. The number of nitrogens with zero attached hydrogens (tertiary/aromatic N) is 4. The summed E-state index contributed by atoms with van der Waals surface area (Å²) in [5.74, 6) is 0.292. The number of H-pyrrole nitrogens is 1. The number of anilines is 2. The van der Waals surface area contributed by atoms with Crippen LogP contribution in [0.5, 0.6) is 11.5 Å². The number of rotatable bonds is 13. The molecule has 1 spiro atoms. The first-order valence-corrected chi connectivity index (χ1v) is 23.2. The molecule has 0 bridgehead atoms. The maximum Gasteiger partial charge on any atom is 0.293 e. The number of carbonyl (C=O) groups is 1. The molecule has 5 heterocycles. The number of hydrogen-bond donors (Lipinski definition) is 4. The fourth-order valence-corrected chi connectivity index (χ4v) is 11.3. The lowest BCUT2D eigenvalue weighted by Crippen LogP contribution is -2.54. The first-order chi connectivity index (χ1) is 30.0. The van der Waals surface area contributed by atoms with Crippen LogP contribution in [0.25, 0.3) is 11.0 Å². The first-order valence-electron chi connectivity index (χ1n) is 21.7. The molecule has 5 aromatic rings. The number of ether oxygens (including phenoxy) is 2. The van der Waals surface area contributed by atoms with E-state index in [1.54, 1.807) is 35.5 Å². The van der Waals surface area contributed by atoms with Crippen molar-refractivity contribution in [1.82, 2.24) is 19.6 Å². The molecule has 3 aliphatic heterocycles. The van der Waals surface area contributed by atoms with E-state index in [1.807, 2.05) is 12.1 Å². The molecule has 0 unspecified atom stereocenters. The number of benzene rings is 3. The van der Waals surface area contributed by atoms with Crippen LogP contribution in [-0.2, 0) is 14.8 Å². The molecule has 324 valence electrons. The molecule has 10 rings (SSSR count). The predicted octanol–water partition coefficient (Wildman–Crippen LogP) is 7.41. The lowest BCUT2D eigenvalue weighted by molar-refractivity contribution is -0.384. The van der Waals surface area contributed by atoms with Crippen LogP contribution < -0.4 is 19.7 Å². The highest BCUT2D eigenvalue weighted by atomic mass is 32.2. The van der Waals surface area contributed by atoms with Crippen LogP contribution in [0.1, 0.15) is 91.2 Å². The van der Waals surface area contributed by atoms with Gasteiger partial charge in [-0.1, -0.05) is 24.3 Å². The summed E-state index contributed by atoms with van der Waals surface area (Å²) in [5, 5.41) is 25.5. The van der Waals surface area contributed by atoms with Crippen LogP contribution >= 0.6 is 0 Å². The Morgan fingerprint density at radius 2 is 1.82 bits per heavy atom. The number of piperidine rings is 1. The van der Waals surface area contributed by atoms with Gasteiger partial charge in [-0.3, -0.25) is 19.8 Å². The Kier molecular flexibility index (Phi) is 10.6. The van der Waals surface area contributed by atoms with Gasteiger partial charge < -0.3 is 29.8 Å².